The van der Waals surface area contributed by atoms with Gasteiger partial charge in [-0.25, -0.2) is 0 Å². The van der Waals surface area contributed by atoms with E-state index in [0.717, 1.165) is 11.6 Å². The smallest absolute Gasteiger partial charge is 0.298 e. The van der Waals surface area contributed by atoms with Crippen molar-refractivity contribution in [1.29, 1.82) is 0 Å². The van der Waals surface area contributed by atoms with Gasteiger partial charge in [-0.1, -0.05) is 11.6 Å². The minimum Gasteiger partial charge on any atom is -0.508 e. The molecule has 1 amide bonds. The van der Waals surface area contributed by atoms with E-state index in [0.29, 0.717) is 42.8 Å². The number of amides is 1. The van der Waals surface area contributed by atoms with Crippen molar-refractivity contribution in [1.82, 2.24) is 9.88 Å². The van der Waals surface area contributed by atoms with Crippen LogP contribution in [-0.2, 0) is 0 Å². The number of phenols is 2. The molecule has 2 heterocycles. The van der Waals surface area contributed by atoms with E-state index in [2.05, 4.69) is 4.98 Å². The topological polar surface area (TPSA) is 90.0 Å². The Morgan fingerprint density at radius 1 is 1.08 bits per heavy atom. The number of carbonyl (C=O) groups excluding carboxylic acids is 1. The summed E-state index contributed by atoms with van der Waals surface area (Å²) >= 11 is 5.97. The van der Waals surface area contributed by atoms with Gasteiger partial charge in [-0.3, -0.25) is 4.79 Å². The molecular weight excluding hydrogens is 358 g/mol. The fourth-order valence-electron chi connectivity index (χ4n) is 2.99. The summed E-state index contributed by atoms with van der Waals surface area (Å²) in [5.41, 5.74) is 1.53. The number of aromatic nitrogens is 1. The summed E-state index contributed by atoms with van der Waals surface area (Å²) in [6.07, 6.45) is 0. The Kier molecular flexibility index (Phi) is 4.08. The number of phenolic OH excluding ortho intramolecular Hbond substituents is 2. The highest BCUT2D eigenvalue weighted by Crippen LogP contribution is 2.27. The lowest BCUT2D eigenvalue weighted by molar-refractivity contribution is 0.0742. The summed E-state index contributed by atoms with van der Waals surface area (Å²) in [4.78, 5) is 20.6. The lowest BCUT2D eigenvalue weighted by Gasteiger charge is -2.33. The summed E-state index contributed by atoms with van der Waals surface area (Å²) < 4.78 is 5.76. The van der Waals surface area contributed by atoms with Crippen LogP contribution < -0.4 is 4.90 Å². The van der Waals surface area contributed by atoms with Gasteiger partial charge in [0.05, 0.1) is 5.56 Å². The number of hydrogen-bond acceptors (Lipinski definition) is 6. The van der Waals surface area contributed by atoms with Crippen molar-refractivity contribution in [2.75, 3.05) is 31.1 Å². The molecule has 1 saturated heterocycles. The maximum Gasteiger partial charge on any atom is 0.298 e. The molecule has 2 aromatic carbocycles. The number of anilines is 1. The van der Waals surface area contributed by atoms with Crippen molar-refractivity contribution in [3.8, 4) is 11.5 Å². The van der Waals surface area contributed by atoms with Gasteiger partial charge in [0.15, 0.2) is 5.58 Å². The molecule has 4 rings (SSSR count). The van der Waals surface area contributed by atoms with Gasteiger partial charge < -0.3 is 24.4 Å². The average Bonchev–Trinajstić information content (AvgIpc) is 3.04. The van der Waals surface area contributed by atoms with Crippen LogP contribution in [0.5, 0.6) is 11.5 Å². The van der Waals surface area contributed by atoms with Crippen molar-refractivity contribution in [3.05, 3.63) is 47.0 Å². The van der Waals surface area contributed by atoms with Gasteiger partial charge in [-0.05, 0) is 24.3 Å². The summed E-state index contributed by atoms with van der Waals surface area (Å²) in [5, 5.41) is 19.8. The van der Waals surface area contributed by atoms with Gasteiger partial charge in [-0.15, -0.1) is 0 Å². The minimum absolute atomic E-state index is 0.0834. The number of fused-ring (bicyclic) bond motifs is 1. The fourth-order valence-corrected chi connectivity index (χ4v) is 3.16. The SMILES string of the molecule is O=C(c1ccc(O)cc1O)N1CCN(c2nc3ccc(Cl)cc3o2)CC1. The number of halogens is 1. The average molecular weight is 374 g/mol. The Hall–Kier alpha value is -2.93. The second kappa shape index (κ2) is 6.42. The van der Waals surface area contributed by atoms with Gasteiger partial charge in [-0.2, -0.15) is 4.98 Å². The Morgan fingerprint density at radius 3 is 2.58 bits per heavy atom. The number of benzene rings is 2. The molecule has 134 valence electrons. The Bertz CT molecular complexity index is 980. The molecule has 1 aliphatic heterocycles. The predicted molar refractivity (Wildman–Crippen MR) is 96.9 cm³/mol. The molecule has 0 unspecified atom stereocenters. The third-order valence-electron chi connectivity index (χ3n) is 4.39. The molecule has 0 bridgehead atoms. The van der Waals surface area contributed by atoms with Crippen molar-refractivity contribution in [3.63, 3.8) is 0 Å². The summed E-state index contributed by atoms with van der Waals surface area (Å²) in [5.74, 6) is -0.584. The largest absolute Gasteiger partial charge is 0.508 e. The van der Waals surface area contributed by atoms with Gasteiger partial charge in [0.25, 0.3) is 11.9 Å². The molecular formula is C18H16ClN3O4. The maximum atomic E-state index is 12.6. The third-order valence-corrected chi connectivity index (χ3v) is 4.62. The highest BCUT2D eigenvalue weighted by atomic mass is 35.5. The first-order chi connectivity index (χ1) is 12.5. The van der Waals surface area contributed by atoms with E-state index in [1.807, 2.05) is 4.90 Å². The highest BCUT2D eigenvalue weighted by molar-refractivity contribution is 6.31. The number of piperazine rings is 1. The van der Waals surface area contributed by atoms with E-state index in [1.54, 1.807) is 23.1 Å². The number of hydrogen-bond donors (Lipinski definition) is 2. The standard InChI is InChI=1S/C18H16ClN3O4/c19-11-1-4-14-16(9-11)26-18(20-14)22-7-5-21(6-8-22)17(25)13-3-2-12(23)10-15(13)24/h1-4,9-10,23-24H,5-8H2. The van der Waals surface area contributed by atoms with Crippen molar-refractivity contribution in [2.45, 2.75) is 0 Å². The number of nitrogens with zero attached hydrogens (tertiary/aromatic N) is 3. The van der Waals surface area contributed by atoms with E-state index in [9.17, 15) is 15.0 Å². The summed E-state index contributed by atoms with van der Waals surface area (Å²) in [7, 11) is 0. The molecule has 0 aliphatic carbocycles. The van der Waals surface area contributed by atoms with Crippen molar-refractivity contribution < 1.29 is 19.4 Å². The van der Waals surface area contributed by atoms with Crippen LogP contribution in [0.2, 0.25) is 5.02 Å². The lowest BCUT2D eigenvalue weighted by atomic mass is 10.1. The van der Waals surface area contributed by atoms with E-state index in [4.69, 9.17) is 16.0 Å². The molecule has 3 aromatic rings. The number of oxazole rings is 1. The quantitative estimate of drug-likeness (QED) is 0.718. The second-order valence-electron chi connectivity index (χ2n) is 6.09. The zero-order chi connectivity index (χ0) is 18.3. The summed E-state index contributed by atoms with van der Waals surface area (Å²) in [6, 6.07) is 9.75. The molecule has 0 atom stereocenters. The van der Waals surface area contributed by atoms with Crippen LogP contribution >= 0.6 is 11.6 Å². The van der Waals surface area contributed by atoms with Crippen LogP contribution in [0.25, 0.3) is 11.1 Å². The van der Waals surface area contributed by atoms with E-state index < -0.39 is 0 Å². The Labute approximate surface area is 154 Å². The normalized spacial score (nSPS) is 14.8. The third kappa shape index (κ3) is 3.01. The van der Waals surface area contributed by atoms with Crippen LogP contribution in [0.4, 0.5) is 6.01 Å². The van der Waals surface area contributed by atoms with Gasteiger partial charge in [0, 0.05) is 43.3 Å². The molecule has 0 spiro atoms. The maximum absolute atomic E-state index is 12.6. The number of rotatable bonds is 2. The van der Waals surface area contributed by atoms with Crippen LogP contribution in [-0.4, -0.2) is 52.2 Å². The molecule has 0 radical (unpaired) electrons. The summed E-state index contributed by atoms with van der Waals surface area (Å²) in [6.45, 7) is 2.06. The molecule has 26 heavy (non-hydrogen) atoms. The van der Waals surface area contributed by atoms with E-state index in [1.165, 1.54) is 12.1 Å². The highest BCUT2D eigenvalue weighted by Gasteiger charge is 2.26. The Balaban J connectivity index is 1.47. The van der Waals surface area contributed by atoms with Crippen molar-refractivity contribution in [2.24, 2.45) is 0 Å². The molecule has 1 aliphatic rings. The predicted octanol–water partition coefficient (Wildman–Crippen LogP) is 2.85. The van der Waals surface area contributed by atoms with Crippen molar-refractivity contribution >= 4 is 34.6 Å². The lowest BCUT2D eigenvalue weighted by Crippen LogP contribution is -2.48. The molecule has 2 N–H and O–H groups in total. The van der Waals surface area contributed by atoms with E-state index in [-0.39, 0.29) is 23.0 Å². The number of aromatic hydroxyl groups is 2. The van der Waals surface area contributed by atoms with Gasteiger partial charge >= 0.3 is 0 Å². The first-order valence-corrected chi connectivity index (χ1v) is 8.51. The zero-order valence-corrected chi connectivity index (χ0v) is 14.5. The van der Waals surface area contributed by atoms with Crippen LogP contribution in [0.1, 0.15) is 10.4 Å². The van der Waals surface area contributed by atoms with E-state index >= 15 is 0 Å². The van der Waals surface area contributed by atoms with Crippen LogP contribution in [0, 0.1) is 0 Å². The van der Waals surface area contributed by atoms with Crippen LogP contribution in [0.15, 0.2) is 40.8 Å². The van der Waals surface area contributed by atoms with Gasteiger partial charge in [0.1, 0.15) is 17.0 Å². The van der Waals surface area contributed by atoms with Gasteiger partial charge in [0.2, 0.25) is 0 Å². The zero-order valence-electron chi connectivity index (χ0n) is 13.7. The first kappa shape index (κ1) is 16.5. The molecule has 1 fully saturated rings. The molecule has 8 heteroatoms. The van der Waals surface area contributed by atoms with Crippen LogP contribution in [0.3, 0.4) is 0 Å². The molecule has 1 aromatic heterocycles. The minimum atomic E-state index is -0.272. The monoisotopic (exact) mass is 373 g/mol. The Morgan fingerprint density at radius 2 is 1.85 bits per heavy atom. The second-order valence-corrected chi connectivity index (χ2v) is 6.53. The molecule has 0 saturated carbocycles. The first-order valence-electron chi connectivity index (χ1n) is 8.13. The fraction of sp³-hybridized carbons (Fsp3) is 0.222. The number of carbonyl (C=O) groups is 1. The molecule has 7 nitrogen and oxygen atoms in total.